The van der Waals surface area contributed by atoms with Gasteiger partial charge in [-0.1, -0.05) is 43.3 Å². The van der Waals surface area contributed by atoms with Crippen molar-refractivity contribution in [2.45, 2.75) is 48.8 Å². The van der Waals surface area contributed by atoms with Crippen molar-refractivity contribution in [2.75, 3.05) is 19.7 Å². The van der Waals surface area contributed by atoms with Crippen LogP contribution in [-0.4, -0.2) is 73.5 Å². The summed E-state index contributed by atoms with van der Waals surface area (Å²) in [6.45, 7) is 6.96. The van der Waals surface area contributed by atoms with Gasteiger partial charge in [0, 0.05) is 31.5 Å². The number of aliphatic hydroxyl groups excluding tert-OH is 1. The normalized spacial score (nSPS) is 32.1. The number of carboxylic acids is 1. The lowest BCUT2D eigenvalue weighted by Gasteiger charge is -2.40. The zero-order valence-corrected chi connectivity index (χ0v) is 19.7. The SMILES string of the molecule is C=CCN(Cc1ccccc1)C(=O)C1N(CCCCO)C(=O)[C@@H]2[C@H](C(=O)O)[C@@H]3CC(C)C12S3. The number of likely N-dealkylation sites (tertiary alicyclic amines) is 1. The lowest BCUT2D eigenvalue weighted by atomic mass is 9.66. The lowest BCUT2D eigenvalue weighted by Crippen LogP contribution is -2.57. The predicted octanol–water partition coefficient (Wildman–Crippen LogP) is 2.40. The minimum atomic E-state index is -0.949. The molecule has 3 unspecified atom stereocenters. The third-order valence-electron chi connectivity index (χ3n) is 7.45. The molecule has 0 saturated carbocycles. The Balaban J connectivity index is 1.73. The Kier molecular flexibility index (Phi) is 6.86. The van der Waals surface area contributed by atoms with Crippen LogP contribution in [0.15, 0.2) is 43.0 Å². The summed E-state index contributed by atoms with van der Waals surface area (Å²) in [6, 6.07) is 8.98. The van der Waals surface area contributed by atoms with Crippen molar-refractivity contribution in [3.05, 3.63) is 48.6 Å². The molecule has 2 N–H and O–H groups in total. The predicted molar refractivity (Wildman–Crippen MR) is 126 cm³/mol. The first-order chi connectivity index (χ1) is 15.9. The second-order valence-corrected chi connectivity index (χ2v) is 10.9. The number of unbranched alkanes of at least 4 members (excludes halogenated alkanes) is 1. The number of amides is 2. The molecule has 8 heteroatoms. The fourth-order valence-corrected chi connectivity index (χ4v) is 8.49. The van der Waals surface area contributed by atoms with Crippen molar-refractivity contribution >= 4 is 29.5 Å². The van der Waals surface area contributed by atoms with Crippen LogP contribution < -0.4 is 0 Å². The van der Waals surface area contributed by atoms with E-state index >= 15 is 0 Å². The fourth-order valence-electron chi connectivity index (χ4n) is 6.08. The number of nitrogens with zero attached hydrogens (tertiary/aromatic N) is 2. The van der Waals surface area contributed by atoms with E-state index < -0.39 is 28.6 Å². The number of carboxylic acid groups (broad SMARTS) is 1. The van der Waals surface area contributed by atoms with Crippen LogP contribution in [0.1, 0.15) is 31.7 Å². The van der Waals surface area contributed by atoms with Crippen LogP contribution in [0.2, 0.25) is 0 Å². The van der Waals surface area contributed by atoms with Gasteiger partial charge in [-0.3, -0.25) is 14.4 Å². The maximum atomic E-state index is 14.1. The molecule has 0 aliphatic carbocycles. The van der Waals surface area contributed by atoms with Gasteiger partial charge in [0.05, 0.1) is 16.6 Å². The average molecular weight is 473 g/mol. The molecule has 3 fully saturated rings. The minimum Gasteiger partial charge on any atom is -0.481 e. The van der Waals surface area contributed by atoms with E-state index in [4.69, 9.17) is 0 Å². The summed E-state index contributed by atoms with van der Waals surface area (Å²) in [5.74, 6) is -2.73. The van der Waals surface area contributed by atoms with Gasteiger partial charge >= 0.3 is 5.97 Å². The molecule has 3 aliphatic heterocycles. The van der Waals surface area contributed by atoms with Crippen molar-refractivity contribution in [1.29, 1.82) is 0 Å². The number of carbonyl (C=O) groups excluding carboxylic acids is 2. The summed E-state index contributed by atoms with van der Waals surface area (Å²) < 4.78 is -0.739. The summed E-state index contributed by atoms with van der Waals surface area (Å²) in [7, 11) is 0. The molecular formula is C25H32N2O5S. The summed E-state index contributed by atoms with van der Waals surface area (Å²) >= 11 is 1.55. The second kappa shape index (κ2) is 9.50. The number of thioether (sulfide) groups is 1. The van der Waals surface area contributed by atoms with E-state index in [1.165, 1.54) is 0 Å². The van der Waals surface area contributed by atoms with E-state index in [0.717, 1.165) is 5.56 Å². The number of aliphatic hydroxyl groups is 1. The molecule has 3 heterocycles. The molecule has 7 nitrogen and oxygen atoms in total. The first-order valence-electron chi connectivity index (χ1n) is 11.6. The molecule has 2 amide bonds. The van der Waals surface area contributed by atoms with E-state index in [-0.39, 0.29) is 29.6 Å². The van der Waals surface area contributed by atoms with E-state index in [1.807, 2.05) is 30.3 Å². The molecule has 4 rings (SSSR count). The van der Waals surface area contributed by atoms with Gasteiger partial charge in [0.1, 0.15) is 6.04 Å². The molecule has 0 radical (unpaired) electrons. The maximum absolute atomic E-state index is 14.1. The maximum Gasteiger partial charge on any atom is 0.308 e. The van der Waals surface area contributed by atoms with Gasteiger partial charge in [-0.2, -0.15) is 0 Å². The molecule has 178 valence electrons. The number of hydrogen-bond donors (Lipinski definition) is 2. The highest BCUT2D eigenvalue weighted by atomic mass is 32.2. The largest absolute Gasteiger partial charge is 0.481 e. The van der Waals surface area contributed by atoms with Crippen LogP contribution in [-0.2, 0) is 20.9 Å². The van der Waals surface area contributed by atoms with Crippen molar-refractivity contribution in [3.8, 4) is 0 Å². The molecule has 1 spiro atoms. The van der Waals surface area contributed by atoms with Gasteiger partial charge < -0.3 is 20.0 Å². The Morgan fingerprint density at radius 1 is 1.30 bits per heavy atom. The van der Waals surface area contributed by atoms with Gasteiger partial charge in [0.2, 0.25) is 11.8 Å². The topological polar surface area (TPSA) is 98.2 Å². The van der Waals surface area contributed by atoms with Gasteiger partial charge in [-0.05, 0) is 30.7 Å². The Morgan fingerprint density at radius 2 is 2.03 bits per heavy atom. The number of rotatable bonds is 10. The number of hydrogen-bond acceptors (Lipinski definition) is 5. The number of carbonyl (C=O) groups is 3. The smallest absolute Gasteiger partial charge is 0.308 e. The highest BCUT2D eigenvalue weighted by molar-refractivity contribution is 8.02. The van der Waals surface area contributed by atoms with E-state index in [0.29, 0.717) is 38.9 Å². The fraction of sp³-hybridized carbons (Fsp3) is 0.560. The minimum absolute atomic E-state index is 0.0107. The molecule has 0 aromatic heterocycles. The summed E-state index contributed by atoms with van der Waals surface area (Å²) in [6.07, 6.45) is 3.47. The van der Waals surface area contributed by atoms with Crippen LogP contribution in [0, 0.1) is 17.8 Å². The van der Waals surface area contributed by atoms with Crippen LogP contribution in [0.25, 0.3) is 0 Å². The average Bonchev–Trinajstić information content (AvgIpc) is 3.38. The third kappa shape index (κ3) is 3.87. The molecule has 3 saturated heterocycles. The Bertz CT molecular complexity index is 925. The first kappa shape index (κ1) is 23.8. The van der Waals surface area contributed by atoms with Crippen molar-refractivity contribution in [3.63, 3.8) is 0 Å². The number of benzene rings is 1. The second-order valence-electron chi connectivity index (χ2n) is 9.35. The third-order valence-corrected chi connectivity index (χ3v) is 9.53. The van der Waals surface area contributed by atoms with Crippen LogP contribution in [0.4, 0.5) is 0 Å². The Labute approximate surface area is 198 Å². The van der Waals surface area contributed by atoms with Gasteiger partial charge in [-0.25, -0.2) is 0 Å². The summed E-state index contributed by atoms with van der Waals surface area (Å²) in [5.41, 5.74) is 0.984. The molecule has 33 heavy (non-hydrogen) atoms. The quantitative estimate of drug-likeness (QED) is 0.401. The van der Waals surface area contributed by atoms with E-state index in [1.54, 1.807) is 27.6 Å². The summed E-state index contributed by atoms with van der Waals surface area (Å²) in [5, 5.41) is 19.1. The first-order valence-corrected chi connectivity index (χ1v) is 12.5. The molecule has 1 aromatic rings. The van der Waals surface area contributed by atoms with Crippen LogP contribution >= 0.6 is 11.8 Å². The van der Waals surface area contributed by atoms with Crippen molar-refractivity contribution in [2.24, 2.45) is 17.8 Å². The molecule has 6 atom stereocenters. The zero-order valence-electron chi connectivity index (χ0n) is 18.9. The van der Waals surface area contributed by atoms with Gasteiger partial charge in [0.15, 0.2) is 0 Å². The van der Waals surface area contributed by atoms with Crippen molar-refractivity contribution < 1.29 is 24.6 Å². The Hall–Kier alpha value is -2.32. The molecule has 2 bridgehead atoms. The van der Waals surface area contributed by atoms with Crippen LogP contribution in [0.3, 0.4) is 0 Å². The highest BCUT2D eigenvalue weighted by Gasteiger charge is 2.76. The van der Waals surface area contributed by atoms with Gasteiger partial charge in [0.25, 0.3) is 0 Å². The van der Waals surface area contributed by atoms with Gasteiger partial charge in [-0.15, -0.1) is 18.3 Å². The standard InChI is InChI=1S/C25H32N2O5S/c1-3-11-26(15-17-9-5-4-6-10-17)23(30)21-25-16(2)14-18(33-25)19(24(31)32)20(25)22(29)27(21)12-7-8-13-28/h3-6,9-10,16,18-21,28H,1,7-8,11-15H2,2H3,(H,31,32)/t16?,18-,19+,20-,21?,25?/m0/s1. The molecular weight excluding hydrogens is 440 g/mol. The van der Waals surface area contributed by atoms with E-state index in [9.17, 15) is 24.6 Å². The molecule has 3 aliphatic rings. The Morgan fingerprint density at radius 3 is 2.67 bits per heavy atom. The zero-order chi connectivity index (χ0) is 23.8. The molecule has 1 aromatic carbocycles. The number of aliphatic carboxylic acids is 1. The lowest BCUT2D eigenvalue weighted by molar-refractivity contribution is -0.149. The highest BCUT2D eigenvalue weighted by Crippen LogP contribution is 2.68. The van der Waals surface area contributed by atoms with Crippen LogP contribution in [0.5, 0.6) is 0 Å². The monoisotopic (exact) mass is 472 g/mol. The van der Waals surface area contributed by atoms with E-state index in [2.05, 4.69) is 13.5 Å². The number of fused-ring (bicyclic) bond motifs is 1. The summed E-state index contributed by atoms with van der Waals surface area (Å²) in [4.78, 5) is 43.4. The van der Waals surface area contributed by atoms with Crippen molar-refractivity contribution in [1.82, 2.24) is 9.80 Å².